The largest absolute Gasteiger partial charge is 0.486 e. The molecule has 0 bridgehead atoms. The van der Waals surface area contributed by atoms with Crippen molar-refractivity contribution < 1.29 is 4.74 Å². The lowest BCUT2D eigenvalue weighted by Gasteiger charge is -2.08. The van der Waals surface area contributed by atoms with Gasteiger partial charge in [0.1, 0.15) is 12.4 Å². The molecule has 3 heterocycles. The summed E-state index contributed by atoms with van der Waals surface area (Å²) in [5.74, 6) is 1.21. The van der Waals surface area contributed by atoms with Crippen molar-refractivity contribution in [2.24, 2.45) is 0 Å². The van der Waals surface area contributed by atoms with Gasteiger partial charge in [0, 0.05) is 11.1 Å². The number of benzene rings is 4. The highest BCUT2D eigenvalue weighted by Gasteiger charge is 2.14. The van der Waals surface area contributed by atoms with Gasteiger partial charge in [-0.05, 0) is 48.9 Å². The van der Waals surface area contributed by atoms with E-state index < -0.39 is 0 Å². The maximum Gasteiger partial charge on any atom is 0.291 e. The fraction of sp³-hybridized carbons (Fsp3) is 0.0588. The molecule has 7 rings (SSSR count). The highest BCUT2D eigenvalue weighted by atomic mass is 32.1. The van der Waals surface area contributed by atoms with Gasteiger partial charge in [0.15, 0.2) is 5.82 Å². The highest BCUT2D eigenvalue weighted by Crippen LogP contribution is 2.28. The van der Waals surface area contributed by atoms with E-state index in [-0.39, 0.29) is 12.2 Å². The Morgan fingerprint density at radius 3 is 2.19 bits per heavy atom. The van der Waals surface area contributed by atoms with Gasteiger partial charge in [-0.25, -0.2) is 4.68 Å². The van der Waals surface area contributed by atoms with Crippen LogP contribution in [0.4, 0.5) is 0 Å². The number of hydrogen-bond acceptors (Lipinski definition) is 6. The topological polar surface area (TPSA) is 74.3 Å². The molecule has 0 spiro atoms. The lowest BCUT2D eigenvalue weighted by Crippen LogP contribution is -2.23. The van der Waals surface area contributed by atoms with Crippen LogP contribution >= 0.6 is 11.3 Å². The van der Waals surface area contributed by atoms with E-state index in [2.05, 4.69) is 40.4 Å². The Morgan fingerprint density at radius 1 is 0.810 bits per heavy atom. The van der Waals surface area contributed by atoms with Crippen molar-refractivity contribution >= 4 is 22.4 Å². The zero-order valence-electron chi connectivity index (χ0n) is 22.7. The Balaban J connectivity index is 1.16. The molecule has 0 saturated heterocycles. The second kappa shape index (κ2) is 10.9. The van der Waals surface area contributed by atoms with Gasteiger partial charge < -0.3 is 4.74 Å². The summed E-state index contributed by atoms with van der Waals surface area (Å²) in [6.45, 7) is 2.22. The number of rotatable bonds is 7. The van der Waals surface area contributed by atoms with Crippen LogP contribution in [0.1, 0.15) is 17.0 Å². The summed E-state index contributed by atoms with van der Waals surface area (Å²) in [5, 5.41) is 9.33. The second-order valence-corrected chi connectivity index (χ2v) is 10.9. The molecule has 7 aromatic rings. The summed E-state index contributed by atoms with van der Waals surface area (Å²) in [6, 6.07) is 38.3. The Labute approximate surface area is 245 Å². The zero-order valence-corrected chi connectivity index (χ0v) is 23.5. The van der Waals surface area contributed by atoms with Crippen LogP contribution in [0.2, 0.25) is 0 Å². The molecule has 3 aromatic heterocycles. The summed E-state index contributed by atoms with van der Waals surface area (Å²) >= 11 is 1.31. The number of hydrogen-bond donors (Lipinski definition) is 0. The quantitative estimate of drug-likeness (QED) is 0.233. The molecule has 7 nitrogen and oxygen atoms in total. The molecule has 204 valence electrons. The SMILES string of the molecule is Cc1ccc(OCc2nc3s/c(=C\c4ccc(-n5nc(-c6ccccc6)cc5-c5ccccc5)cc4)c(=O)n3n2)cc1. The van der Waals surface area contributed by atoms with E-state index in [9.17, 15) is 4.79 Å². The van der Waals surface area contributed by atoms with E-state index in [1.54, 1.807) is 0 Å². The van der Waals surface area contributed by atoms with Crippen LogP contribution in [0.3, 0.4) is 0 Å². The number of thiazole rings is 1. The molecule has 0 atom stereocenters. The standard InChI is InChI=1S/C34H25N5O2S/c1-23-12-18-28(19-13-23)41-22-32-35-34-39(37-32)33(40)31(42-34)20-24-14-16-27(17-15-24)38-30(26-10-6-3-7-11-26)21-29(36-38)25-8-4-2-5-9-25/h2-21H,22H2,1H3/b31-20-. The Hall–Kier alpha value is -5.34. The third-order valence-electron chi connectivity index (χ3n) is 6.90. The van der Waals surface area contributed by atoms with Crippen molar-refractivity contribution in [3.05, 3.63) is 147 Å². The van der Waals surface area contributed by atoms with Gasteiger partial charge in [-0.2, -0.15) is 14.6 Å². The van der Waals surface area contributed by atoms with Crippen LogP contribution in [0.25, 0.3) is 39.2 Å². The molecular formula is C34H25N5O2S. The molecule has 42 heavy (non-hydrogen) atoms. The fourth-order valence-electron chi connectivity index (χ4n) is 4.72. The molecule has 0 amide bonds. The summed E-state index contributed by atoms with van der Waals surface area (Å²) in [4.78, 5) is 18.1. The number of nitrogens with zero attached hydrogens (tertiary/aromatic N) is 5. The van der Waals surface area contributed by atoms with E-state index >= 15 is 0 Å². The first kappa shape index (κ1) is 25.6. The molecule has 0 aliphatic carbocycles. The van der Waals surface area contributed by atoms with Crippen molar-refractivity contribution in [2.75, 3.05) is 0 Å². The van der Waals surface area contributed by atoms with E-state index in [0.717, 1.165) is 45.1 Å². The Morgan fingerprint density at radius 2 is 1.50 bits per heavy atom. The van der Waals surface area contributed by atoms with E-state index in [4.69, 9.17) is 9.84 Å². The molecule has 8 heteroatoms. The molecule has 0 radical (unpaired) electrons. The average molecular weight is 568 g/mol. The minimum absolute atomic E-state index is 0.195. The van der Waals surface area contributed by atoms with Crippen LogP contribution in [0.5, 0.6) is 5.75 Å². The zero-order chi connectivity index (χ0) is 28.5. The third-order valence-corrected chi connectivity index (χ3v) is 7.86. The third kappa shape index (κ3) is 5.11. The minimum atomic E-state index is -0.195. The first-order valence-corrected chi connectivity index (χ1v) is 14.3. The predicted molar refractivity (Wildman–Crippen MR) is 166 cm³/mol. The molecule has 0 saturated carbocycles. The summed E-state index contributed by atoms with van der Waals surface area (Å²) in [6.07, 6.45) is 1.87. The predicted octanol–water partition coefficient (Wildman–Crippen LogP) is 6.11. The molecule has 0 aliphatic heterocycles. The van der Waals surface area contributed by atoms with Gasteiger partial charge in [0.2, 0.25) is 4.96 Å². The van der Waals surface area contributed by atoms with Crippen LogP contribution in [0.15, 0.2) is 120 Å². The number of aromatic nitrogens is 5. The number of ether oxygens (including phenoxy) is 1. The highest BCUT2D eigenvalue weighted by molar-refractivity contribution is 7.15. The molecule has 0 unspecified atom stereocenters. The molecule has 0 aliphatic rings. The summed E-state index contributed by atoms with van der Waals surface area (Å²) < 4.78 is 9.65. The first-order valence-electron chi connectivity index (χ1n) is 13.5. The first-order chi connectivity index (χ1) is 20.6. The van der Waals surface area contributed by atoms with Crippen molar-refractivity contribution in [1.82, 2.24) is 24.4 Å². The van der Waals surface area contributed by atoms with Crippen molar-refractivity contribution in [1.29, 1.82) is 0 Å². The van der Waals surface area contributed by atoms with Crippen LogP contribution < -0.4 is 14.8 Å². The van der Waals surface area contributed by atoms with Gasteiger partial charge in [-0.1, -0.05) is 102 Å². The summed E-state index contributed by atoms with van der Waals surface area (Å²) in [7, 11) is 0. The lowest BCUT2D eigenvalue weighted by molar-refractivity contribution is 0.296. The summed E-state index contributed by atoms with van der Waals surface area (Å²) in [5.41, 5.74) is 6.84. The van der Waals surface area contributed by atoms with Gasteiger partial charge in [0.25, 0.3) is 5.56 Å². The van der Waals surface area contributed by atoms with Crippen molar-refractivity contribution in [3.63, 3.8) is 0 Å². The van der Waals surface area contributed by atoms with Crippen LogP contribution in [-0.2, 0) is 6.61 Å². The van der Waals surface area contributed by atoms with E-state index in [0.29, 0.717) is 15.3 Å². The second-order valence-electron chi connectivity index (χ2n) is 9.89. The molecule has 4 aromatic carbocycles. The van der Waals surface area contributed by atoms with Crippen LogP contribution in [0, 0.1) is 6.92 Å². The van der Waals surface area contributed by atoms with Gasteiger partial charge >= 0.3 is 0 Å². The van der Waals surface area contributed by atoms with E-state index in [1.807, 2.05) is 103 Å². The van der Waals surface area contributed by atoms with Crippen molar-refractivity contribution in [2.45, 2.75) is 13.5 Å². The molecule has 0 fully saturated rings. The van der Waals surface area contributed by atoms with Gasteiger partial charge in [0.05, 0.1) is 21.6 Å². The monoisotopic (exact) mass is 567 g/mol. The minimum Gasteiger partial charge on any atom is -0.486 e. The van der Waals surface area contributed by atoms with E-state index in [1.165, 1.54) is 15.9 Å². The van der Waals surface area contributed by atoms with Gasteiger partial charge in [-0.3, -0.25) is 4.79 Å². The molecule has 0 N–H and O–H groups in total. The van der Waals surface area contributed by atoms with Crippen molar-refractivity contribution in [3.8, 4) is 34.0 Å². The molecular weight excluding hydrogens is 542 g/mol. The Bertz CT molecular complexity index is 2100. The van der Waals surface area contributed by atoms with Gasteiger partial charge in [-0.15, -0.1) is 5.10 Å². The normalized spacial score (nSPS) is 11.8. The number of aryl methyl sites for hydroxylation is 1. The maximum atomic E-state index is 13.1. The maximum absolute atomic E-state index is 13.1. The van der Waals surface area contributed by atoms with Crippen LogP contribution in [-0.4, -0.2) is 24.4 Å². The Kier molecular flexibility index (Phi) is 6.65. The smallest absolute Gasteiger partial charge is 0.291 e. The fourth-order valence-corrected chi connectivity index (χ4v) is 5.65. The lowest BCUT2D eigenvalue weighted by atomic mass is 10.1. The average Bonchev–Trinajstić information content (AvgIpc) is 3.73. The number of fused-ring (bicyclic) bond motifs is 1.